The van der Waals surface area contributed by atoms with Gasteiger partial charge in [-0.1, -0.05) is 6.42 Å². The van der Waals surface area contributed by atoms with E-state index >= 15 is 0 Å². The normalized spacial score (nSPS) is 27.5. The lowest BCUT2D eigenvalue weighted by Gasteiger charge is -2.08. The zero-order chi connectivity index (χ0) is 7.40. The Morgan fingerprint density at radius 1 is 1.50 bits per heavy atom. The highest BCUT2D eigenvalue weighted by Gasteiger charge is 2.14. The van der Waals surface area contributed by atoms with Gasteiger partial charge in [0.2, 0.25) is 0 Å². The van der Waals surface area contributed by atoms with Crippen LogP contribution in [0.5, 0.6) is 0 Å². The van der Waals surface area contributed by atoms with E-state index in [1.165, 1.54) is 12.8 Å². The molecule has 0 bridgehead atoms. The molecule has 0 aromatic heterocycles. The summed E-state index contributed by atoms with van der Waals surface area (Å²) in [5, 5.41) is 3.26. The lowest BCUT2D eigenvalue weighted by atomic mass is 10.00. The minimum Gasteiger partial charge on any atom is -0.316 e. The smallest absolute Gasteiger partial charge is 0.134 e. The molecule has 1 heterocycles. The molecule has 1 aliphatic rings. The standard InChI is InChI=1S/C8H15NO/c1-7(10)8-4-2-3-5-9-6-8/h8-9H,2-6H2,1H3. The summed E-state index contributed by atoms with van der Waals surface area (Å²) in [5.74, 6) is 0.636. The Hall–Kier alpha value is -0.370. The molecule has 1 atom stereocenters. The molecule has 1 fully saturated rings. The van der Waals surface area contributed by atoms with E-state index in [4.69, 9.17) is 0 Å². The molecule has 1 unspecified atom stereocenters. The van der Waals surface area contributed by atoms with Crippen LogP contribution in [-0.4, -0.2) is 18.9 Å². The zero-order valence-corrected chi connectivity index (χ0v) is 6.52. The Labute approximate surface area is 62.0 Å². The fourth-order valence-corrected chi connectivity index (χ4v) is 1.37. The molecule has 58 valence electrons. The molecule has 0 spiro atoms. The SMILES string of the molecule is CC(=O)C1CCCCNC1. The molecular formula is C8H15NO. The van der Waals surface area contributed by atoms with E-state index in [1.54, 1.807) is 6.92 Å². The average molecular weight is 141 g/mol. The van der Waals surface area contributed by atoms with E-state index < -0.39 is 0 Å². The van der Waals surface area contributed by atoms with Gasteiger partial charge in [-0.05, 0) is 26.3 Å². The Kier molecular flexibility index (Phi) is 2.87. The van der Waals surface area contributed by atoms with Gasteiger partial charge in [-0.25, -0.2) is 0 Å². The minimum absolute atomic E-state index is 0.294. The van der Waals surface area contributed by atoms with Crippen molar-refractivity contribution in [3.63, 3.8) is 0 Å². The summed E-state index contributed by atoms with van der Waals surface area (Å²) in [6.07, 6.45) is 3.52. The summed E-state index contributed by atoms with van der Waals surface area (Å²) >= 11 is 0. The first-order valence-corrected chi connectivity index (χ1v) is 4.02. The van der Waals surface area contributed by atoms with Crippen molar-refractivity contribution in [3.05, 3.63) is 0 Å². The van der Waals surface area contributed by atoms with Crippen molar-refractivity contribution in [2.75, 3.05) is 13.1 Å². The molecule has 2 nitrogen and oxygen atoms in total. The van der Waals surface area contributed by atoms with Crippen LogP contribution in [-0.2, 0) is 4.79 Å². The van der Waals surface area contributed by atoms with Crippen LogP contribution in [0.15, 0.2) is 0 Å². The first-order chi connectivity index (χ1) is 4.80. The lowest BCUT2D eigenvalue weighted by molar-refractivity contribution is -0.120. The predicted octanol–water partition coefficient (Wildman–Crippen LogP) is 0.965. The van der Waals surface area contributed by atoms with Crippen LogP contribution >= 0.6 is 0 Å². The largest absolute Gasteiger partial charge is 0.316 e. The van der Waals surface area contributed by atoms with E-state index in [0.29, 0.717) is 11.7 Å². The van der Waals surface area contributed by atoms with Crippen LogP contribution in [0, 0.1) is 5.92 Å². The topological polar surface area (TPSA) is 29.1 Å². The monoisotopic (exact) mass is 141 g/mol. The zero-order valence-electron chi connectivity index (χ0n) is 6.52. The van der Waals surface area contributed by atoms with Crippen molar-refractivity contribution in [2.45, 2.75) is 26.2 Å². The van der Waals surface area contributed by atoms with Crippen LogP contribution in [0.25, 0.3) is 0 Å². The van der Waals surface area contributed by atoms with Crippen LogP contribution < -0.4 is 5.32 Å². The van der Waals surface area contributed by atoms with Gasteiger partial charge in [0.05, 0.1) is 0 Å². The first kappa shape index (κ1) is 7.73. The molecule has 0 aliphatic carbocycles. The van der Waals surface area contributed by atoms with Crippen LogP contribution in [0.1, 0.15) is 26.2 Å². The van der Waals surface area contributed by atoms with E-state index in [0.717, 1.165) is 19.5 Å². The van der Waals surface area contributed by atoms with Crippen molar-refractivity contribution in [2.24, 2.45) is 5.92 Å². The fourth-order valence-electron chi connectivity index (χ4n) is 1.37. The molecular weight excluding hydrogens is 126 g/mol. The quantitative estimate of drug-likeness (QED) is 0.589. The Balaban J connectivity index is 2.35. The Bertz CT molecular complexity index is 114. The van der Waals surface area contributed by atoms with Crippen molar-refractivity contribution in [1.29, 1.82) is 0 Å². The summed E-state index contributed by atoms with van der Waals surface area (Å²) in [4.78, 5) is 10.9. The number of hydrogen-bond donors (Lipinski definition) is 1. The number of nitrogens with one attached hydrogen (secondary N) is 1. The second-order valence-electron chi connectivity index (χ2n) is 3.01. The molecule has 10 heavy (non-hydrogen) atoms. The third-order valence-electron chi connectivity index (χ3n) is 2.12. The molecule has 1 rings (SSSR count). The molecule has 0 aromatic carbocycles. The Morgan fingerprint density at radius 2 is 2.30 bits per heavy atom. The van der Waals surface area contributed by atoms with Gasteiger partial charge in [-0.15, -0.1) is 0 Å². The predicted molar refractivity (Wildman–Crippen MR) is 40.9 cm³/mol. The first-order valence-electron chi connectivity index (χ1n) is 4.02. The van der Waals surface area contributed by atoms with Gasteiger partial charge < -0.3 is 5.32 Å². The molecule has 1 saturated heterocycles. The number of Topliss-reactive ketones (excluding diaryl/α,β-unsaturated/α-hetero) is 1. The van der Waals surface area contributed by atoms with Crippen molar-refractivity contribution >= 4 is 5.78 Å². The van der Waals surface area contributed by atoms with Crippen molar-refractivity contribution in [1.82, 2.24) is 5.32 Å². The summed E-state index contributed by atoms with van der Waals surface area (Å²) in [6, 6.07) is 0. The maximum atomic E-state index is 10.9. The number of hydrogen-bond acceptors (Lipinski definition) is 2. The minimum atomic E-state index is 0.294. The summed E-state index contributed by atoms with van der Waals surface area (Å²) in [5.41, 5.74) is 0. The summed E-state index contributed by atoms with van der Waals surface area (Å²) < 4.78 is 0. The van der Waals surface area contributed by atoms with Crippen molar-refractivity contribution < 1.29 is 4.79 Å². The molecule has 0 amide bonds. The molecule has 1 N–H and O–H groups in total. The summed E-state index contributed by atoms with van der Waals surface area (Å²) in [7, 11) is 0. The Morgan fingerprint density at radius 3 is 3.00 bits per heavy atom. The average Bonchev–Trinajstić information content (AvgIpc) is 2.12. The molecule has 0 radical (unpaired) electrons. The van der Waals surface area contributed by atoms with E-state index in [9.17, 15) is 4.79 Å². The molecule has 0 aromatic rings. The fraction of sp³-hybridized carbons (Fsp3) is 0.875. The van der Waals surface area contributed by atoms with Crippen LogP contribution in [0.3, 0.4) is 0 Å². The maximum Gasteiger partial charge on any atom is 0.134 e. The van der Waals surface area contributed by atoms with Gasteiger partial charge in [0.15, 0.2) is 0 Å². The van der Waals surface area contributed by atoms with E-state index in [2.05, 4.69) is 5.32 Å². The second-order valence-corrected chi connectivity index (χ2v) is 3.01. The number of carbonyl (C=O) groups is 1. The molecule has 2 heteroatoms. The van der Waals surface area contributed by atoms with Gasteiger partial charge in [0.25, 0.3) is 0 Å². The summed E-state index contributed by atoms with van der Waals surface area (Å²) in [6.45, 7) is 3.68. The van der Waals surface area contributed by atoms with E-state index in [1.807, 2.05) is 0 Å². The lowest BCUT2D eigenvalue weighted by Crippen LogP contribution is -2.24. The molecule has 0 saturated carbocycles. The second kappa shape index (κ2) is 3.71. The molecule has 1 aliphatic heterocycles. The maximum absolute atomic E-state index is 10.9. The number of rotatable bonds is 1. The van der Waals surface area contributed by atoms with Crippen LogP contribution in [0.4, 0.5) is 0 Å². The third-order valence-corrected chi connectivity index (χ3v) is 2.12. The van der Waals surface area contributed by atoms with Crippen LogP contribution in [0.2, 0.25) is 0 Å². The highest BCUT2D eigenvalue weighted by atomic mass is 16.1. The van der Waals surface area contributed by atoms with Gasteiger partial charge in [0, 0.05) is 12.5 Å². The third kappa shape index (κ3) is 2.10. The van der Waals surface area contributed by atoms with Gasteiger partial charge in [-0.2, -0.15) is 0 Å². The van der Waals surface area contributed by atoms with Gasteiger partial charge in [0.1, 0.15) is 5.78 Å². The highest BCUT2D eigenvalue weighted by molar-refractivity contribution is 5.78. The van der Waals surface area contributed by atoms with Gasteiger partial charge in [-0.3, -0.25) is 4.79 Å². The number of ketones is 1. The van der Waals surface area contributed by atoms with Crippen molar-refractivity contribution in [3.8, 4) is 0 Å². The highest BCUT2D eigenvalue weighted by Crippen LogP contribution is 2.11. The number of carbonyl (C=O) groups excluding carboxylic acids is 1. The van der Waals surface area contributed by atoms with E-state index in [-0.39, 0.29) is 0 Å². The van der Waals surface area contributed by atoms with Gasteiger partial charge >= 0.3 is 0 Å².